The van der Waals surface area contributed by atoms with Crippen LogP contribution in [0, 0.1) is 0 Å². The molecule has 1 aromatic carbocycles. The Morgan fingerprint density at radius 1 is 1.00 bits per heavy atom. The Morgan fingerprint density at radius 2 is 1.59 bits per heavy atom. The lowest BCUT2D eigenvalue weighted by Gasteiger charge is -2.25. The van der Waals surface area contributed by atoms with Crippen molar-refractivity contribution in [3.05, 3.63) is 35.4 Å². The van der Waals surface area contributed by atoms with E-state index >= 15 is 0 Å². The minimum Gasteiger partial charge on any atom is -0.0654 e. The van der Waals surface area contributed by atoms with Crippen molar-refractivity contribution in [2.45, 2.75) is 71.6 Å². The van der Waals surface area contributed by atoms with E-state index in [1.54, 1.807) is 0 Å². The number of hydrogen-bond donors (Lipinski definition) is 0. The fourth-order valence-electron chi connectivity index (χ4n) is 2.28. The van der Waals surface area contributed by atoms with Crippen molar-refractivity contribution in [2.24, 2.45) is 0 Å². The first-order chi connectivity index (χ1) is 7.97. The summed E-state index contributed by atoms with van der Waals surface area (Å²) in [5.41, 5.74) is 3.25. The molecule has 0 heteroatoms. The van der Waals surface area contributed by atoms with E-state index < -0.39 is 0 Å². The molecule has 1 rings (SSSR count). The topological polar surface area (TPSA) is 0 Å². The van der Waals surface area contributed by atoms with Crippen molar-refractivity contribution in [3.63, 3.8) is 0 Å². The molecule has 17 heavy (non-hydrogen) atoms. The molecule has 0 aromatic heterocycles. The summed E-state index contributed by atoms with van der Waals surface area (Å²) < 4.78 is 0. The van der Waals surface area contributed by atoms with Crippen LogP contribution in [0.1, 0.15) is 77.3 Å². The van der Waals surface area contributed by atoms with Crippen molar-refractivity contribution in [1.29, 1.82) is 0 Å². The zero-order chi connectivity index (χ0) is 12.9. The molecule has 0 nitrogen and oxygen atoms in total. The monoisotopic (exact) mass is 232 g/mol. The summed E-state index contributed by atoms with van der Waals surface area (Å²) in [6, 6.07) is 9.23. The predicted molar refractivity (Wildman–Crippen MR) is 77.7 cm³/mol. The lowest BCUT2D eigenvalue weighted by atomic mass is 9.79. The van der Waals surface area contributed by atoms with Gasteiger partial charge in [-0.15, -0.1) is 0 Å². The highest BCUT2D eigenvalue weighted by molar-refractivity contribution is 5.29. The average molecular weight is 232 g/mol. The molecule has 0 aliphatic carbocycles. The molecule has 0 spiro atoms. The first-order valence-corrected chi connectivity index (χ1v) is 7.08. The van der Waals surface area contributed by atoms with E-state index in [0.29, 0.717) is 11.3 Å². The number of rotatable bonds is 6. The highest BCUT2D eigenvalue weighted by atomic mass is 14.2. The standard InChI is InChI=1S/C17H28/c1-6-7-8-13-17(4,5)16-11-9-15(10-12-16)14(2)3/h9-12,14H,6-8,13H2,1-5H3. The van der Waals surface area contributed by atoms with Crippen LogP contribution in [-0.2, 0) is 5.41 Å². The fraction of sp³-hybridized carbons (Fsp3) is 0.647. The average Bonchev–Trinajstić information content (AvgIpc) is 2.29. The van der Waals surface area contributed by atoms with E-state index in [1.165, 1.54) is 36.8 Å². The molecule has 0 radical (unpaired) electrons. The molecule has 0 amide bonds. The third-order valence-electron chi connectivity index (χ3n) is 3.76. The summed E-state index contributed by atoms with van der Waals surface area (Å²) in [5, 5.41) is 0. The van der Waals surface area contributed by atoms with Gasteiger partial charge in [-0.05, 0) is 28.9 Å². The van der Waals surface area contributed by atoms with Crippen LogP contribution in [0.15, 0.2) is 24.3 Å². The maximum atomic E-state index is 2.37. The van der Waals surface area contributed by atoms with E-state index in [2.05, 4.69) is 58.9 Å². The summed E-state index contributed by atoms with van der Waals surface area (Å²) in [7, 11) is 0. The second kappa shape index (κ2) is 6.23. The number of unbranched alkanes of at least 4 members (excludes halogenated alkanes) is 2. The molecule has 0 N–H and O–H groups in total. The summed E-state index contributed by atoms with van der Waals surface area (Å²) >= 11 is 0. The van der Waals surface area contributed by atoms with Gasteiger partial charge in [0, 0.05) is 0 Å². The van der Waals surface area contributed by atoms with Gasteiger partial charge in [-0.25, -0.2) is 0 Å². The van der Waals surface area contributed by atoms with Crippen LogP contribution in [0.25, 0.3) is 0 Å². The Kier molecular flexibility index (Phi) is 5.24. The third-order valence-corrected chi connectivity index (χ3v) is 3.76. The van der Waals surface area contributed by atoms with E-state index in [9.17, 15) is 0 Å². The zero-order valence-electron chi connectivity index (χ0n) is 12.2. The van der Waals surface area contributed by atoms with Crippen LogP contribution >= 0.6 is 0 Å². The molecule has 0 aliphatic rings. The van der Waals surface area contributed by atoms with Crippen molar-refractivity contribution >= 4 is 0 Å². The Balaban J connectivity index is 2.70. The highest BCUT2D eigenvalue weighted by Crippen LogP contribution is 2.30. The molecule has 0 bridgehead atoms. The van der Waals surface area contributed by atoms with Gasteiger partial charge < -0.3 is 0 Å². The molecule has 96 valence electrons. The van der Waals surface area contributed by atoms with E-state index in [-0.39, 0.29) is 0 Å². The maximum Gasteiger partial charge on any atom is -0.0104 e. The minimum atomic E-state index is 0.324. The van der Waals surface area contributed by atoms with Gasteiger partial charge in [-0.3, -0.25) is 0 Å². The Hall–Kier alpha value is -0.780. The van der Waals surface area contributed by atoms with Gasteiger partial charge in [0.15, 0.2) is 0 Å². The van der Waals surface area contributed by atoms with Gasteiger partial charge in [0.25, 0.3) is 0 Å². The van der Waals surface area contributed by atoms with Crippen LogP contribution in [0.5, 0.6) is 0 Å². The quantitative estimate of drug-likeness (QED) is 0.554. The largest absolute Gasteiger partial charge is 0.0654 e. The first-order valence-electron chi connectivity index (χ1n) is 7.08. The molecular formula is C17H28. The second-order valence-electron chi connectivity index (χ2n) is 6.12. The lowest BCUT2D eigenvalue weighted by molar-refractivity contribution is 0.450. The van der Waals surface area contributed by atoms with Gasteiger partial charge in [0.2, 0.25) is 0 Å². The molecule has 0 fully saturated rings. The van der Waals surface area contributed by atoms with Crippen molar-refractivity contribution in [2.75, 3.05) is 0 Å². The number of benzene rings is 1. The second-order valence-corrected chi connectivity index (χ2v) is 6.12. The molecular weight excluding hydrogens is 204 g/mol. The normalized spacial score (nSPS) is 12.1. The SMILES string of the molecule is CCCCCC(C)(C)c1ccc(C(C)C)cc1. The van der Waals surface area contributed by atoms with Gasteiger partial charge in [0.05, 0.1) is 0 Å². The van der Waals surface area contributed by atoms with Gasteiger partial charge in [-0.2, -0.15) is 0 Å². The van der Waals surface area contributed by atoms with Crippen LogP contribution in [0.2, 0.25) is 0 Å². The molecule has 0 saturated heterocycles. The molecule has 0 heterocycles. The minimum absolute atomic E-state index is 0.324. The van der Waals surface area contributed by atoms with Gasteiger partial charge in [0.1, 0.15) is 0 Å². The molecule has 0 aliphatic heterocycles. The molecule has 0 atom stereocenters. The Bertz CT molecular complexity index is 316. The third kappa shape index (κ3) is 4.18. The fourth-order valence-corrected chi connectivity index (χ4v) is 2.28. The first kappa shape index (κ1) is 14.3. The van der Waals surface area contributed by atoms with Crippen LogP contribution < -0.4 is 0 Å². The smallest absolute Gasteiger partial charge is 0.0104 e. The molecule has 1 aromatic rings. The molecule has 0 saturated carbocycles. The van der Waals surface area contributed by atoms with Crippen LogP contribution in [0.3, 0.4) is 0 Å². The number of hydrogen-bond acceptors (Lipinski definition) is 0. The summed E-state index contributed by atoms with van der Waals surface area (Å²) in [6.07, 6.45) is 5.30. The van der Waals surface area contributed by atoms with Crippen molar-refractivity contribution in [3.8, 4) is 0 Å². The zero-order valence-corrected chi connectivity index (χ0v) is 12.2. The Morgan fingerprint density at radius 3 is 2.06 bits per heavy atom. The summed E-state index contributed by atoms with van der Waals surface area (Å²) in [5.74, 6) is 0.632. The Labute approximate surface area is 107 Å². The van der Waals surface area contributed by atoms with Gasteiger partial charge >= 0.3 is 0 Å². The predicted octanol–water partition coefficient (Wildman–Crippen LogP) is 5.67. The van der Waals surface area contributed by atoms with E-state index in [1.807, 2.05) is 0 Å². The highest BCUT2D eigenvalue weighted by Gasteiger charge is 2.19. The van der Waals surface area contributed by atoms with Gasteiger partial charge in [-0.1, -0.05) is 78.1 Å². The maximum absolute atomic E-state index is 2.37. The summed E-state index contributed by atoms with van der Waals surface area (Å²) in [4.78, 5) is 0. The summed E-state index contributed by atoms with van der Waals surface area (Å²) in [6.45, 7) is 11.5. The molecule has 0 unspecified atom stereocenters. The van der Waals surface area contributed by atoms with Crippen molar-refractivity contribution in [1.82, 2.24) is 0 Å². The van der Waals surface area contributed by atoms with E-state index in [4.69, 9.17) is 0 Å². The van der Waals surface area contributed by atoms with E-state index in [0.717, 1.165) is 0 Å². The van der Waals surface area contributed by atoms with Crippen LogP contribution in [0.4, 0.5) is 0 Å². The van der Waals surface area contributed by atoms with Crippen molar-refractivity contribution < 1.29 is 0 Å². The lowest BCUT2D eigenvalue weighted by Crippen LogP contribution is -2.16. The van der Waals surface area contributed by atoms with Crippen LogP contribution in [-0.4, -0.2) is 0 Å².